The Morgan fingerprint density at radius 1 is 1.53 bits per heavy atom. The van der Waals surface area contributed by atoms with Crippen molar-refractivity contribution in [3.8, 4) is 5.75 Å². The van der Waals surface area contributed by atoms with Crippen LogP contribution < -0.4 is 4.74 Å². The highest BCUT2D eigenvalue weighted by Crippen LogP contribution is 2.21. The number of rotatable bonds is 3. The second-order valence-corrected chi connectivity index (χ2v) is 3.14. The molecule has 2 aromatic rings. The summed E-state index contributed by atoms with van der Waals surface area (Å²) in [4.78, 5) is 15.1. The van der Waals surface area contributed by atoms with Crippen LogP contribution in [0, 0.1) is 0 Å². The summed E-state index contributed by atoms with van der Waals surface area (Å²) in [6.45, 7) is 3.94. The van der Waals surface area contributed by atoms with Crippen LogP contribution in [0.2, 0.25) is 0 Å². The van der Waals surface area contributed by atoms with Crippen molar-refractivity contribution in [3.05, 3.63) is 24.1 Å². The van der Waals surface area contributed by atoms with Crippen molar-refractivity contribution in [2.75, 3.05) is 6.61 Å². The number of hydrogen-bond donors (Lipinski definition) is 0. The van der Waals surface area contributed by atoms with Gasteiger partial charge in [-0.2, -0.15) is 0 Å². The van der Waals surface area contributed by atoms with Crippen LogP contribution in [-0.2, 0) is 0 Å². The van der Waals surface area contributed by atoms with E-state index in [1.54, 1.807) is 18.2 Å². The van der Waals surface area contributed by atoms with E-state index in [1.807, 2.05) is 6.92 Å². The average Bonchev–Trinajstić information content (AvgIpc) is 2.61. The van der Waals surface area contributed by atoms with Crippen molar-refractivity contribution in [1.82, 2.24) is 4.98 Å². The smallest absolute Gasteiger partial charge is 0.263 e. The molecular weight excluding hydrogens is 194 g/mol. The van der Waals surface area contributed by atoms with Crippen LogP contribution in [0.3, 0.4) is 0 Å². The molecule has 4 heteroatoms. The molecule has 1 aromatic heterocycles. The zero-order valence-electron chi connectivity index (χ0n) is 8.61. The van der Waals surface area contributed by atoms with Crippen molar-refractivity contribution in [1.29, 1.82) is 0 Å². The van der Waals surface area contributed by atoms with E-state index >= 15 is 0 Å². The maximum absolute atomic E-state index is 11.0. The van der Waals surface area contributed by atoms with Crippen LogP contribution in [0.1, 0.15) is 24.5 Å². The minimum atomic E-state index is -0.177. The molecule has 0 fully saturated rings. The first-order valence-corrected chi connectivity index (χ1v) is 4.75. The molecule has 0 N–H and O–H groups in total. The Morgan fingerprint density at radius 2 is 2.33 bits per heavy atom. The van der Waals surface area contributed by atoms with Crippen molar-refractivity contribution in [3.63, 3.8) is 0 Å². The predicted molar refractivity (Wildman–Crippen MR) is 55.2 cm³/mol. The molecule has 0 aliphatic heterocycles. The highest BCUT2D eigenvalue weighted by atomic mass is 16.5. The van der Waals surface area contributed by atoms with E-state index in [1.165, 1.54) is 6.92 Å². The lowest BCUT2D eigenvalue weighted by Gasteiger charge is -2.00. The van der Waals surface area contributed by atoms with Gasteiger partial charge in [0.15, 0.2) is 5.58 Å². The molecule has 0 aliphatic carbocycles. The van der Waals surface area contributed by atoms with Crippen molar-refractivity contribution >= 4 is 16.9 Å². The molecular formula is C11H11NO3. The number of carbonyl (C=O) groups excluding carboxylic acids is 1. The van der Waals surface area contributed by atoms with E-state index in [0.717, 1.165) is 5.75 Å². The van der Waals surface area contributed by atoms with Gasteiger partial charge < -0.3 is 9.15 Å². The van der Waals surface area contributed by atoms with E-state index < -0.39 is 0 Å². The third kappa shape index (κ3) is 1.83. The lowest BCUT2D eigenvalue weighted by Crippen LogP contribution is -1.91. The van der Waals surface area contributed by atoms with Crippen molar-refractivity contribution in [2.24, 2.45) is 0 Å². The molecule has 0 unspecified atom stereocenters. The molecule has 0 aliphatic rings. The van der Waals surface area contributed by atoms with Crippen LogP contribution in [0.25, 0.3) is 11.1 Å². The van der Waals surface area contributed by atoms with Gasteiger partial charge in [-0.15, -0.1) is 0 Å². The van der Waals surface area contributed by atoms with Crippen LogP contribution in [-0.4, -0.2) is 17.4 Å². The number of fused-ring (bicyclic) bond motifs is 1. The summed E-state index contributed by atoms with van der Waals surface area (Å²) in [5.41, 5.74) is 1.25. The fraction of sp³-hybridized carbons (Fsp3) is 0.273. The molecule has 15 heavy (non-hydrogen) atoms. The van der Waals surface area contributed by atoms with Gasteiger partial charge in [0.25, 0.3) is 5.89 Å². The first kappa shape index (κ1) is 9.71. The molecule has 0 spiro atoms. The summed E-state index contributed by atoms with van der Waals surface area (Å²) in [6.07, 6.45) is 0. The summed E-state index contributed by atoms with van der Waals surface area (Å²) in [5, 5.41) is 0. The van der Waals surface area contributed by atoms with Crippen molar-refractivity contribution < 1.29 is 13.9 Å². The molecule has 78 valence electrons. The van der Waals surface area contributed by atoms with Gasteiger partial charge in [-0.25, -0.2) is 4.98 Å². The monoisotopic (exact) mass is 205 g/mol. The maximum Gasteiger partial charge on any atom is 0.263 e. The third-order valence-corrected chi connectivity index (χ3v) is 1.97. The van der Waals surface area contributed by atoms with Gasteiger partial charge in [0.05, 0.1) is 6.61 Å². The van der Waals surface area contributed by atoms with E-state index in [-0.39, 0.29) is 11.7 Å². The van der Waals surface area contributed by atoms with Crippen molar-refractivity contribution in [2.45, 2.75) is 13.8 Å². The number of ether oxygens (including phenoxy) is 1. The van der Waals surface area contributed by atoms with Gasteiger partial charge in [0.1, 0.15) is 11.3 Å². The lowest BCUT2D eigenvalue weighted by molar-refractivity contribution is 0.0983. The zero-order chi connectivity index (χ0) is 10.8. The maximum atomic E-state index is 11.0. The van der Waals surface area contributed by atoms with Gasteiger partial charge in [-0.1, -0.05) is 0 Å². The molecule has 2 rings (SSSR count). The summed E-state index contributed by atoms with van der Waals surface area (Å²) in [7, 11) is 0. The number of aromatic nitrogens is 1. The topological polar surface area (TPSA) is 52.3 Å². The van der Waals surface area contributed by atoms with E-state index in [4.69, 9.17) is 9.15 Å². The Morgan fingerprint density at radius 3 is 3.00 bits per heavy atom. The number of nitrogens with zero attached hydrogens (tertiary/aromatic N) is 1. The van der Waals surface area contributed by atoms with Crippen LogP contribution >= 0.6 is 0 Å². The zero-order valence-corrected chi connectivity index (χ0v) is 8.61. The Hall–Kier alpha value is -1.84. The number of ketones is 1. The number of hydrogen-bond acceptors (Lipinski definition) is 4. The highest BCUT2D eigenvalue weighted by Gasteiger charge is 2.10. The van der Waals surface area contributed by atoms with E-state index in [9.17, 15) is 4.79 Å². The first-order valence-electron chi connectivity index (χ1n) is 4.75. The largest absolute Gasteiger partial charge is 0.494 e. The predicted octanol–water partition coefficient (Wildman–Crippen LogP) is 2.43. The van der Waals surface area contributed by atoms with Gasteiger partial charge in [0, 0.05) is 13.0 Å². The van der Waals surface area contributed by atoms with E-state index in [2.05, 4.69) is 4.98 Å². The van der Waals surface area contributed by atoms with E-state index in [0.29, 0.717) is 17.7 Å². The van der Waals surface area contributed by atoms with Crippen LogP contribution in [0.4, 0.5) is 0 Å². The molecule has 0 saturated heterocycles. The van der Waals surface area contributed by atoms with Gasteiger partial charge >= 0.3 is 0 Å². The second-order valence-electron chi connectivity index (χ2n) is 3.14. The molecule has 0 saturated carbocycles. The fourth-order valence-corrected chi connectivity index (χ4v) is 1.31. The van der Waals surface area contributed by atoms with Crippen LogP contribution in [0.5, 0.6) is 5.75 Å². The third-order valence-electron chi connectivity index (χ3n) is 1.97. The van der Waals surface area contributed by atoms with Crippen LogP contribution in [0.15, 0.2) is 22.6 Å². The summed E-state index contributed by atoms with van der Waals surface area (Å²) in [6, 6.07) is 5.30. The van der Waals surface area contributed by atoms with Gasteiger partial charge in [0.2, 0.25) is 5.78 Å². The highest BCUT2D eigenvalue weighted by molar-refractivity contribution is 5.92. The second kappa shape index (κ2) is 3.73. The lowest BCUT2D eigenvalue weighted by atomic mass is 10.3. The molecule has 0 radical (unpaired) electrons. The molecule has 1 aromatic carbocycles. The SMILES string of the molecule is CCOc1ccc2oc(C(C)=O)nc2c1. The molecule has 4 nitrogen and oxygen atoms in total. The molecule has 1 heterocycles. The molecule has 0 atom stereocenters. The van der Waals surface area contributed by atoms with Gasteiger partial charge in [-0.3, -0.25) is 4.79 Å². The number of benzene rings is 1. The molecule has 0 bridgehead atoms. The number of carbonyl (C=O) groups is 1. The Kier molecular flexibility index (Phi) is 2.41. The summed E-state index contributed by atoms with van der Waals surface area (Å²) < 4.78 is 10.6. The minimum Gasteiger partial charge on any atom is -0.494 e. The standard InChI is InChI=1S/C11H11NO3/c1-3-14-8-4-5-10-9(6-8)12-11(15-10)7(2)13/h4-6H,3H2,1-2H3. The molecule has 0 amide bonds. The quantitative estimate of drug-likeness (QED) is 0.722. The number of Topliss-reactive ketones (excluding diaryl/α,β-unsaturated/α-hetero) is 1. The summed E-state index contributed by atoms with van der Waals surface area (Å²) >= 11 is 0. The minimum absolute atomic E-state index is 0.138. The summed E-state index contributed by atoms with van der Waals surface area (Å²) in [5.74, 6) is 0.691. The Bertz CT molecular complexity index is 502. The van der Waals surface area contributed by atoms with Gasteiger partial charge in [-0.05, 0) is 19.1 Å². The Balaban J connectivity index is 2.47. The first-order chi connectivity index (χ1) is 7.20. The normalized spacial score (nSPS) is 10.5. The number of oxazole rings is 1. The fourth-order valence-electron chi connectivity index (χ4n) is 1.31. The average molecular weight is 205 g/mol. The Labute approximate surface area is 86.9 Å².